The van der Waals surface area contributed by atoms with Gasteiger partial charge in [-0.05, 0) is 29.3 Å². The maximum Gasteiger partial charge on any atom is 0.325 e. The fourth-order valence-corrected chi connectivity index (χ4v) is 2.26. The molecular weight excluding hydrogens is 297 g/mol. The summed E-state index contributed by atoms with van der Waals surface area (Å²) in [5.74, 6) is -0.936. The summed E-state index contributed by atoms with van der Waals surface area (Å²) in [5, 5.41) is 13.4. The minimum absolute atomic E-state index is 0.325. The number of rotatable bonds is 5. The number of aliphatic carboxylic acids is 1. The number of benzene rings is 2. The molecule has 104 valence electrons. The molecule has 0 heterocycles. The second kappa shape index (κ2) is 6.75. The molecule has 1 unspecified atom stereocenters. The van der Waals surface area contributed by atoms with Crippen LogP contribution in [0.3, 0.4) is 0 Å². The van der Waals surface area contributed by atoms with Crippen LogP contribution in [-0.4, -0.2) is 11.1 Å². The first kappa shape index (κ1) is 14.9. The van der Waals surface area contributed by atoms with Crippen molar-refractivity contribution in [3.63, 3.8) is 0 Å². The van der Waals surface area contributed by atoms with Gasteiger partial charge in [-0.25, -0.2) is 0 Å². The Balaban J connectivity index is 2.14. The zero-order valence-electron chi connectivity index (χ0n) is 10.5. The summed E-state index contributed by atoms with van der Waals surface area (Å²) in [7, 11) is 0. The van der Waals surface area contributed by atoms with E-state index in [-0.39, 0.29) is 0 Å². The van der Waals surface area contributed by atoms with Crippen LogP contribution >= 0.6 is 23.2 Å². The van der Waals surface area contributed by atoms with Gasteiger partial charge in [-0.3, -0.25) is 10.1 Å². The standard InChI is InChI=1S/C15H13Cl2NO2/c16-12-6-7-13(17)11(8-12)9-18-14(15(19)20)10-4-2-1-3-5-10/h1-8,14,18H,9H2,(H,19,20). The van der Waals surface area contributed by atoms with E-state index in [1.54, 1.807) is 42.5 Å². The molecule has 20 heavy (non-hydrogen) atoms. The molecule has 0 aromatic heterocycles. The average Bonchev–Trinajstić information content (AvgIpc) is 2.43. The van der Waals surface area contributed by atoms with E-state index in [2.05, 4.69) is 5.32 Å². The van der Waals surface area contributed by atoms with E-state index < -0.39 is 12.0 Å². The summed E-state index contributed by atoms with van der Waals surface area (Å²) >= 11 is 12.0. The zero-order chi connectivity index (χ0) is 14.5. The predicted octanol–water partition coefficient (Wildman–Crippen LogP) is 3.91. The van der Waals surface area contributed by atoms with E-state index in [0.29, 0.717) is 22.2 Å². The summed E-state index contributed by atoms with van der Waals surface area (Å²) in [4.78, 5) is 11.4. The third kappa shape index (κ3) is 3.73. The van der Waals surface area contributed by atoms with Crippen LogP contribution in [0.25, 0.3) is 0 Å². The van der Waals surface area contributed by atoms with Crippen molar-refractivity contribution >= 4 is 29.2 Å². The SMILES string of the molecule is O=C(O)C(NCc1cc(Cl)ccc1Cl)c1ccccc1. The molecule has 0 radical (unpaired) electrons. The minimum atomic E-state index is -0.936. The summed E-state index contributed by atoms with van der Waals surface area (Å²) < 4.78 is 0. The van der Waals surface area contributed by atoms with E-state index in [4.69, 9.17) is 23.2 Å². The lowest BCUT2D eigenvalue weighted by Gasteiger charge is -2.15. The molecule has 0 aliphatic heterocycles. The molecule has 0 amide bonds. The van der Waals surface area contributed by atoms with Crippen LogP contribution in [0.15, 0.2) is 48.5 Å². The van der Waals surface area contributed by atoms with Crippen molar-refractivity contribution in [3.05, 3.63) is 69.7 Å². The molecule has 2 aromatic rings. The highest BCUT2D eigenvalue weighted by molar-refractivity contribution is 6.33. The molecule has 2 N–H and O–H groups in total. The normalized spacial score (nSPS) is 12.1. The van der Waals surface area contributed by atoms with Gasteiger partial charge in [0, 0.05) is 16.6 Å². The molecule has 5 heteroatoms. The first-order chi connectivity index (χ1) is 9.58. The van der Waals surface area contributed by atoms with Crippen LogP contribution in [0.2, 0.25) is 10.0 Å². The minimum Gasteiger partial charge on any atom is -0.480 e. The van der Waals surface area contributed by atoms with Gasteiger partial charge >= 0.3 is 5.97 Å². The first-order valence-corrected chi connectivity index (χ1v) is 6.78. The van der Waals surface area contributed by atoms with Crippen LogP contribution in [0.5, 0.6) is 0 Å². The van der Waals surface area contributed by atoms with Crippen molar-refractivity contribution in [2.45, 2.75) is 12.6 Å². The van der Waals surface area contributed by atoms with Gasteiger partial charge in [0.05, 0.1) is 0 Å². The van der Waals surface area contributed by atoms with Gasteiger partial charge in [0.1, 0.15) is 6.04 Å². The van der Waals surface area contributed by atoms with E-state index in [0.717, 1.165) is 5.56 Å². The molecule has 0 aliphatic carbocycles. The van der Waals surface area contributed by atoms with Gasteiger partial charge in [0.15, 0.2) is 0 Å². The number of hydrogen-bond acceptors (Lipinski definition) is 2. The summed E-state index contributed by atoms with van der Waals surface area (Å²) in [6.45, 7) is 0.325. The van der Waals surface area contributed by atoms with Crippen LogP contribution in [0, 0.1) is 0 Å². The topological polar surface area (TPSA) is 49.3 Å². The highest BCUT2D eigenvalue weighted by atomic mass is 35.5. The first-order valence-electron chi connectivity index (χ1n) is 6.03. The Morgan fingerprint density at radius 2 is 1.85 bits per heavy atom. The quantitative estimate of drug-likeness (QED) is 0.880. The molecule has 2 rings (SSSR count). The molecule has 0 saturated carbocycles. The Bertz CT molecular complexity index is 602. The number of carboxylic acid groups (broad SMARTS) is 1. The molecular formula is C15H13Cl2NO2. The molecule has 1 atom stereocenters. The fraction of sp³-hybridized carbons (Fsp3) is 0.133. The van der Waals surface area contributed by atoms with Crippen molar-refractivity contribution in [1.29, 1.82) is 0 Å². The van der Waals surface area contributed by atoms with E-state index in [1.165, 1.54) is 0 Å². The average molecular weight is 310 g/mol. The van der Waals surface area contributed by atoms with E-state index >= 15 is 0 Å². The van der Waals surface area contributed by atoms with Crippen molar-refractivity contribution in [1.82, 2.24) is 5.32 Å². The molecule has 2 aromatic carbocycles. The molecule has 0 bridgehead atoms. The molecule has 3 nitrogen and oxygen atoms in total. The Morgan fingerprint density at radius 1 is 1.15 bits per heavy atom. The third-order valence-corrected chi connectivity index (χ3v) is 3.49. The Labute approximate surface area is 127 Å². The monoisotopic (exact) mass is 309 g/mol. The van der Waals surface area contributed by atoms with Gasteiger partial charge in [-0.15, -0.1) is 0 Å². The third-order valence-electron chi connectivity index (χ3n) is 2.88. The Hall–Kier alpha value is -1.55. The summed E-state index contributed by atoms with van der Waals surface area (Å²) in [5.41, 5.74) is 1.46. The lowest BCUT2D eigenvalue weighted by molar-refractivity contribution is -0.139. The molecule has 0 spiro atoms. The second-order valence-corrected chi connectivity index (χ2v) is 5.14. The lowest BCUT2D eigenvalue weighted by Crippen LogP contribution is -2.28. The van der Waals surface area contributed by atoms with Gasteiger partial charge < -0.3 is 5.11 Å². The smallest absolute Gasteiger partial charge is 0.325 e. The van der Waals surface area contributed by atoms with Crippen molar-refractivity contribution in [3.8, 4) is 0 Å². The number of nitrogens with one attached hydrogen (secondary N) is 1. The molecule has 0 fully saturated rings. The maximum atomic E-state index is 11.4. The van der Waals surface area contributed by atoms with Crippen molar-refractivity contribution in [2.75, 3.05) is 0 Å². The van der Waals surface area contributed by atoms with Crippen LogP contribution in [0.1, 0.15) is 17.2 Å². The summed E-state index contributed by atoms with van der Waals surface area (Å²) in [6.07, 6.45) is 0. The number of carboxylic acids is 1. The molecule has 0 aliphatic rings. The highest BCUT2D eigenvalue weighted by Crippen LogP contribution is 2.22. The van der Waals surface area contributed by atoms with E-state index in [1.807, 2.05) is 6.07 Å². The number of carbonyl (C=O) groups is 1. The lowest BCUT2D eigenvalue weighted by atomic mass is 10.1. The van der Waals surface area contributed by atoms with Crippen molar-refractivity contribution < 1.29 is 9.90 Å². The largest absolute Gasteiger partial charge is 0.480 e. The van der Waals surface area contributed by atoms with Gasteiger partial charge in [0.2, 0.25) is 0 Å². The van der Waals surface area contributed by atoms with Crippen LogP contribution in [0.4, 0.5) is 0 Å². The van der Waals surface area contributed by atoms with Crippen LogP contribution in [-0.2, 0) is 11.3 Å². The summed E-state index contributed by atoms with van der Waals surface area (Å²) in [6, 6.07) is 13.3. The second-order valence-electron chi connectivity index (χ2n) is 4.30. The van der Waals surface area contributed by atoms with Crippen LogP contribution < -0.4 is 5.32 Å². The van der Waals surface area contributed by atoms with Gasteiger partial charge in [-0.2, -0.15) is 0 Å². The Kier molecular flexibility index (Phi) is 5.01. The number of hydrogen-bond donors (Lipinski definition) is 2. The highest BCUT2D eigenvalue weighted by Gasteiger charge is 2.19. The Morgan fingerprint density at radius 3 is 2.50 bits per heavy atom. The maximum absolute atomic E-state index is 11.4. The van der Waals surface area contributed by atoms with E-state index in [9.17, 15) is 9.90 Å². The number of halogens is 2. The van der Waals surface area contributed by atoms with Gasteiger partial charge in [-0.1, -0.05) is 53.5 Å². The van der Waals surface area contributed by atoms with Gasteiger partial charge in [0.25, 0.3) is 0 Å². The predicted molar refractivity (Wildman–Crippen MR) is 80.1 cm³/mol. The van der Waals surface area contributed by atoms with Crippen molar-refractivity contribution in [2.24, 2.45) is 0 Å². The zero-order valence-corrected chi connectivity index (χ0v) is 12.0. The fourth-order valence-electron chi connectivity index (χ4n) is 1.88. The molecule has 0 saturated heterocycles.